The maximum Gasteiger partial charge on any atom is 0.163 e. The molecular formula is C18H15N3OS. The molecule has 0 fully saturated rings. The molecule has 23 heavy (non-hydrogen) atoms. The number of nitrogens with one attached hydrogen (secondary N) is 1. The highest BCUT2D eigenvalue weighted by atomic mass is 32.2. The van der Waals surface area contributed by atoms with Crippen LogP contribution in [0.5, 0.6) is 0 Å². The SMILES string of the molecule is c1ccc(COCc2ccc3c(c2)Nc2nccnc2S3)cc1. The second-order valence-electron chi connectivity index (χ2n) is 5.25. The lowest BCUT2D eigenvalue weighted by Gasteiger charge is -2.19. The molecule has 4 nitrogen and oxygen atoms in total. The van der Waals surface area contributed by atoms with Gasteiger partial charge in [-0.3, -0.25) is 0 Å². The fourth-order valence-electron chi connectivity index (χ4n) is 2.43. The van der Waals surface area contributed by atoms with Crippen LogP contribution in [-0.4, -0.2) is 9.97 Å². The van der Waals surface area contributed by atoms with Gasteiger partial charge in [-0.25, -0.2) is 9.97 Å². The lowest BCUT2D eigenvalue weighted by atomic mass is 10.2. The van der Waals surface area contributed by atoms with Crippen LogP contribution in [-0.2, 0) is 18.0 Å². The Bertz CT molecular complexity index is 824. The van der Waals surface area contributed by atoms with Gasteiger partial charge in [-0.1, -0.05) is 48.2 Å². The first-order valence-corrected chi connectivity index (χ1v) is 8.20. The molecule has 0 radical (unpaired) electrons. The first kappa shape index (κ1) is 14.2. The maximum atomic E-state index is 5.80. The van der Waals surface area contributed by atoms with Crippen molar-refractivity contribution in [1.29, 1.82) is 0 Å². The Kier molecular flexibility index (Phi) is 3.96. The Labute approximate surface area is 138 Å². The first-order chi connectivity index (χ1) is 11.4. The van der Waals surface area contributed by atoms with Crippen LogP contribution < -0.4 is 5.32 Å². The maximum absolute atomic E-state index is 5.80. The minimum Gasteiger partial charge on any atom is -0.372 e. The zero-order chi connectivity index (χ0) is 15.5. The quantitative estimate of drug-likeness (QED) is 0.603. The summed E-state index contributed by atoms with van der Waals surface area (Å²) in [6, 6.07) is 16.5. The third-order valence-electron chi connectivity index (χ3n) is 3.55. The summed E-state index contributed by atoms with van der Waals surface area (Å²) in [7, 11) is 0. The molecule has 0 atom stereocenters. The van der Waals surface area contributed by atoms with Gasteiger partial charge in [-0.05, 0) is 23.3 Å². The number of ether oxygens (including phenoxy) is 1. The van der Waals surface area contributed by atoms with E-state index >= 15 is 0 Å². The zero-order valence-corrected chi connectivity index (χ0v) is 13.2. The molecule has 0 aliphatic carbocycles. The van der Waals surface area contributed by atoms with Crippen molar-refractivity contribution >= 4 is 23.3 Å². The monoisotopic (exact) mass is 321 g/mol. The van der Waals surface area contributed by atoms with Crippen LogP contribution in [0, 0.1) is 0 Å². The number of fused-ring (bicyclic) bond motifs is 2. The number of rotatable bonds is 4. The summed E-state index contributed by atoms with van der Waals surface area (Å²) in [6.45, 7) is 1.20. The standard InChI is InChI=1S/C18H15N3OS/c1-2-4-13(5-3-1)11-22-12-14-6-7-16-15(10-14)21-17-18(23-16)20-9-8-19-17/h1-10H,11-12H2,(H,19,21). The molecule has 0 saturated heterocycles. The van der Waals surface area contributed by atoms with Gasteiger partial charge in [0.25, 0.3) is 0 Å². The van der Waals surface area contributed by atoms with Crippen molar-refractivity contribution in [3.63, 3.8) is 0 Å². The molecule has 2 heterocycles. The molecule has 0 amide bonds. The van der Waals surface area contributed by atoms with Crippen LogP contribution in [0.15, 0.2) is 70.8 Å². The van der Waals surface area contributed by atoms with E-state index in [9.17, 15) is 0 Å². The van der Waals surface area contributed by atoms with Crippen molar-refractivity contribution in [2.45, 2.75) is 23.1 Å². The zero-order valence-electron chi connectivity index (χ0n) is 12.4. The van der Waals surface area contributed by atoms with Gasteiger partial charge < -0.3 is 10.1 Å². The Morgan fingerprint density at radius 2 is 1.74 bits per heavy atom. The smallest absolute Gasteiger partial charge is 0.163 e. The van der Waals surface area contributed by atoms with E-state index in [2.05, 4.69) is 45.6 Å². The average molecular weight is 321 g/mol. The summed E-state index contributed by atoms with van der Waals surface area (Å²) in [4.78, 5) is 9.82. The summed E-state index contributed by atoms with van der Waals surface area (Å²) in [6.07, 6.45) is 3.41. The van der Waals surface area contributed by atoms with E-state index in [1.165, 1.54) is 5.56 Å². The van der Waals surface area contributed by atoms with Crippen LogP contribution in [0.3, 0.4) is 0 Å². The molecule has 0 unspecified atom stereocenters. The number of hydrogen-bond donors (Lipinski definition) is 1. The van der Waals surface area contributed by atoms with Crippen LogP contribution in [0.4, 0.5) is 11.5 Å². The molecule has 4 rings (SSSR count). The molecule has 1 aromatic heterocycles. The Hall–Kier alpha value is -2.37. The van der Waals surface area contributed by atoms with Crippen molar-refractivity contribution in [1.82, 2.24) is 9.97 Å². The molecule has 5 heteroatoms. The van der Waals surface area contributed by atoms with Crippen LogP contribution in [0.25, 0.3) is 0 Å². The predicted octanol–water partition coefficient (Wildman–Crippen LogP) is 4.40. The molecule has 0 saturated carbocycles. The number of benzene rings is 2. The van der Waals surface area contributed by atoms with Gasteiger partial charge in [-0.15, -0.1) is 0 Å². The summed E-state index contributed by atoms with van der Waals surface area (Å²) in [5.41, 5.74) is 3.38. The highest BCUT2D eigenvalue weighted by Crippen LogP contribution is 2.42. The fourth-order valence-corrected chi connectivity index (χ4v) is 3.31. The molecule has 0 spiro atoms. The minimum absolute atomic E-state index is 0.585. The highest BCUT2D eigenvalue weighted by molar-refractivity contribution is 7.99. The largest absolute Gasteiger partial charge is 0.372 e. The summed E-state index contributed by atoms with van der Waals surface area (Å²) in [5, 5.41) is 4.25. The van der Waals surface area contributed by atoms with E-state index in [0.717, 1.165) is 27.0 Å². The van der Waals surface area contributed by atoms with Crippen molar-refractivity contribution in [3.8, 4) is 0 Å². The lowest BCUT2D eigenvalue weighted by molar-refractivity contribution is 0.107. The van der Waals surface area contributed by atoms with E-state index in [4.69, 9.17) is 4.74 Å². The summed E-state index contributed by atoms with van der Waals surface area (Å²) in [5.74, 6) is 0.812. The van der Waals surface area contributed by atoms with Crippen molar-refractivity contribution < 1.29 is 4.74 Å². The number of nitrogens with zero attached hydrogens (tertiary/aromatic N) is 2. The number of anilines is 2. The van der Waals surface area contributed by atoms with Gasteiger partial charge in [0.15, 0.2) is 5.82 Å². The molecule has 1 aliphatic rings. The highest BCUT2D eigenvalue weighted by Gasteiger charge is 2.17. The van der Waals surface area contributed by atoms with E-state index < -0.39 is 0 Å². The number of hydrogen-bond acceptors (Lipinski definition) is 5. The van der Waals surface area contributed by atoms with E-state index in [0.29, 0.717) is 13.2 Å². The first-order valence-electron chi connectivity index (χ1n) is 7.39. The molecule has 0 bridgehead atoms. The second kappa shape index (κ2) is 6.40. The van der Waals surface area contributed by atoms with Crippen molar-refractivity contribution in [2.75, 3.05) is 5.32 Å². The van der Waals surface area contributed by atoms with E-state index in [1.807, 2.05) is 18.2 Å². The Morgan fingerprint density at radius 1 is 0.913 bits per heavy atom. The molecule has 1 N–H and O–H groups in total. The molecule has 114 valence electrons. The second-order valence-corrected chi connectivity index (χ2v) is 6.28. The Morgan fingerprint density at radius 3 is 2.65 bits per heavy atom. The third kappa shape index (κ3) is 3.21. The van der Waals surface area contributed by atoms with E-state index in [-0.39, 0.29) is 0 Å². The van der Waals surface area contributed by atoms with Crippen LogP contribution in [0.1, 0.15) is 11.1 Å². The topological polar surface area (TPSA) is 47.0 Å². The normalized spacial score (nSPS) is 12.2. The van der Waals surface area contributed by atoms with Crippen LogP contribution in [0.2, 0.25) is 0 Å². The fraction of sp³-hybridized carbons (Fsp3) is 0.111. The van der Waals surface area contributed by atoms with Gasteiger partial charge in [0.05, 0.1) is 18.9 Å². The molecule has 2 aromatic carbocycles. The average Bonchev–Trinajstić information content (AvgIpc) is 2.61. The summed E-state index contributed by atoms with van der Waals surface area (Å²) < 4.78 is 5.80. The number of aromatic nitrogens is 2. The molecule has 3 aromatic rings. The van der Waals surface area contributed by atoms with Crippen molar-refractivity contribution in [3.05, 3.63) is 72.1 Å². The van der Waals surface area contributed by atoms with Gasteiger partial charge >= 0.3 is 0 Å². The third-order valence-corrected chi connectivity index (χ3v) is 4.62. The minimum atomic E-state index is 0.585. The predicted molar refractivity (Wildman–Crippen MR) is 90.8 cm³/mol. The molecule has 1 aliphatic heterocycles. The van der Waals surface area contributed by atoms with Gasteiger partial charge in [-0.2, -0.15) is 0 Å². The summed E-state index contributed by atoms with van der Waals surface area (Å²) >= 11 is 1.63. The van der Waals surface area contributed by atoms with Crippen molar-refractivity contribution in [2.24, 2.45) is 0 Å². The van der Waals surface area contributed by atoms with Gasteiger partial charge in [0.2, 0.25) is 0 Å². The Balaban J connectivity index is 1.44. The lowest BCUT2D eigenvalue weighted by Crippen LogP contribution is -2.04. The van der Waals surface area contributed by atoms with Crippen LogP contribution >= 0.6 is 11.8 Å². The van der Waals surface area contributed by atoms with Gasteiger partial charge in [0, 0.05) is 17.3 Å². The van der Waals surface area contributed by atoms with E-state index in [1.54, 1.807) is 24.2 Å². The molecular weight excluding hydrogens is 306 g/mol. The van der Waals surface area contributed by atoms with Gasteiger partial charge in [0.1, 0.15) is 5.03 Å².